The predicted molar refractivity (Wildman–Crippen MR) is 48.4 cm³/mol. The third kappa shape index (κ3) is 2.00. The second kappa shape index (κ2) is 3.64. The van der Waals surface area contributed by atoms with Crippen LogP contribution >= 0.6 is 0 Å². The highest BCUT2D eigenvalue weighted by atomic mass is 16.4. The van der Waals surface area contributed by atoms with Crippen LogP contribution in [0.5, 0.6) is 0 Å². The van der Waals surface area contributed by atoms with Gasteiger partial charge in [-0.2, -0.15) is 0 Å². The molecule has 1 fully saturated rings. The van der Waals surface area contributed by atoms with Crippen LogP contribution in [-0.2, 0) is 4.79 Å². The van der Waals surface area contributed by atoms with E-state index in [0.29, 0.717) is 13.0 Å². The molecule has 1 saturated heterocycles. The fraction of sp³-hybridized carbons (Fsp3) is 0.889. The quantitative estimate of drug-likeness (QED) is 0.584. The van der Waals surface area contributed by atoms with Gasteiger partial charge in [0, 0.05) is 12.1 Å². The highest BCUT2D eigenvalue weighted by Crippen LogP contribution is 2.32. The standard InChI is InChI=1S/C9H17NO3/c1-9(2)7(8(12)13)6(3-4-11)5-10-9/h6-7,10-11H,3-5H2,1-2H3,(H,12,13)/t6?,7-/m1/s1. The lowest BCUT2D eigenvalue weighted by Crippen LogP contribution is -2.42. The molecule has 76 valence electrons. The van der Waals surface area contributed by atoms with E-state index in [1.807, 2.05) is 13.8 Å². The smallest absolute Gasteiger partial charge is 0.308 e. The first-order valence-electron chi connectivity index (χ1n) is 4.57. The molecule has 0 amide bonds. The van der Waals surface area contributed by atoms with Crippen LogP contribution in [0.1, 0.15) is 20.3 Å². The molecule has 2 atom stereocenters. The van der Waals surface area contributed by atoms with Gasteiger partial charge in [0.15, 0.2) is 0 Å². The Morgan fingerprint density at radius 3 is 2.69 bits per heavy atom. The fourth-order valence-corrected chi connectivity index (χ4v) is 2.16. The molecule has 4 heteroatoms. The minimum atomic E-state index is -0.770. The number of carbonyl (C=O) groups is 1. The molecule has 1 aliphatic heterocycles. The zero-order valence-electron chi connectivity index (χ0n) is 8.08. The van der Waals surface area contributed by atoms with Crippen LogP contribution in [0.15, 0.2) is 0 Å². The maximum absolute atomic E-state index is 11.0. The van der Waals surface area contributed by atoms with Crippen molar-refractivity contribution < 1.29 is 15.0 Å². The Balaban J connectivity index is 2.73. The molecule has 0 aromatic rings. The van der Waals surface area contributed by atoms with Crippen LogP contribution in [0.2, 0.25) is 0 Å². The van der Waals surface area contributed by atoms with Crippen LogP contribution in [0.3, 0.4) is 0 Å². The number of aliphatic carboxylic acids is 1. The molecule has 0 saturated carbocycles. The van der Waals surface area contributed by atoms with Gasteiger partial charge in [-0.3, -0.25) is 4.79 Å². The van der Waals surface area contributed by atoms with Crippen molar-refractivity contribution in [3.63, 3.8) is 0 Å². The van der Waals surface area contributed by atoms with E-state index < -0.39 is 5.97 Å². The Kier molecular flexibility index (Phi) is 2.93. The Morgan fingerprint density at radius 1 is 1.62 bits per heavy atom. The highest BCUT2D eigenvalue weighted by Gasteiger charge is 2.45. The molecule has 1 aliphatic rings. The third-order valence-electron chi connectivity index (χ3n) is 2.83. The summed E-state index contributed by atoms with van der Waals surface area (Å²) in [4.78, 5) is 11.0. The van der Waals surface area contributed by atoms with E-state index in [9.17, 15) is 4.79 Å². The molecular formula is C9H17NO3. The second-order valence-corrected chi connectivity index (χ2v) is 4.19. The summed E-state index contributed by atoms with van der Waals surface area (Å²) >= 11 is 0. The largest absolute Gasteiger partial charge is 0.481 e. The van der Waals surface area contributed by atoms with Crippen molar-refractivity contribution in [2.24, 2.45) is 11.8 Å². The van der Waals surface area contributed by atoms with Crippen molar-refractivity contribution in [3.8, 4) is 0 Å². The van der Waals surface area contributed by atoms with Gasteiger partial charge >= 0.3 is 5.97 Å². The number of aliphatic hydroxyl groups is 1. The summed E-state index contributed by atoms with van der Waals surface area (Å²) in [5, 5.41) is 21.0. The van der Waals surface area contributed by atoms with Gasteiger partial charge in [-0.15, -0.1) is 0 Å². The molecule has 4 nitrogen and oxygen atoms in total. The summed E-state index contributed by atoms with van der Waals surface area (Å²) in [7, 11) is 0. The fourth-order valence-electron chi connectivity index (χ4n) is 2.16. The summed E-state index contributed by atoms with van der Waals surface area (Å²) in [6.07, 6.45) is 0.563. The average molecular weight is 187 g/mol. The van der Waals surface area contributed by atoms with Crippen LogP contribution in [0.25, 0.3) is 0 Å². The molecule has 0 aromatic heterocycles. The first-order valence-corrected chi connectivity index (χ1v) is 4.57. The Hall–Kier alpha value is -0.610. The number of carboxylic acid groups (broad SMARTS) is 1. The van der Waals surface area contributed by atoms with Gasteiger partial charge in [-0.05, 0) is 32.7 Å². The minimum Gasteiger partial charge on any atom is -0.481 e. The molecule has 0 spiro atoms. The van der Waals surface area contributed by atoms with E-state index in [0.717, 1.165) is 0 Å². The van der Waals surface area contributed by atoms with E-state index in [2.05, 4.69) is 5.32 Å². The maximum Gasteiger partial charge on any atom is 0.308 e. The van der Waals surface area contributed by atoms with Crippen molar-refractivity contribution in [2.45, 2.75) is 25.8 Å². The van der Waals surface area contributed by atoms with Crippen LogP contribution < -0.4 is 5.32 Å². The molecule has 1 rings (SSSR count). The predicted octanol–water partition coefficient (Wildman–Crippen LogP) is 0.0676. The first-order chi connectivity index (χ1) is 5.99. The molecular weight excluding hydrogens is 170 g/mol. The van der Waals surface area contributed by atoms with Gasteiger partial charge in [-0.25, -0.2) is 0 Å². The van der Waals surface area contributed by atoms with E-state index in [4.69, 9.17) is 10.2 Å². The number of hydrogen-bond acceptors (Lipinski definition) is 3. The zero-order chi connectivity index (χ0) is 10.1. The Bertz CT molecular complexity index is 203. The average Bonchev–Trinajstić information content (AvgIpc) is 2.26. The SMILES string of the molecule is CC1(C)NCC(CCO)[C@@H]1C(=O)O. The highest BCUT2D eigenvalue weighted by molar-refractivity contribution is 5.72. The number of hydrogen-bond donors (Lipinski definition) is 3. The molecule has 13 heavy (non-hydrogen) atoms. The number of rotatable bonds is 3. The Labute approximate surface area is 78.0 Å². The number of nitrogens with one attached hydrogen (secondary N) is 1. The van der Waals surface area contributed by atoms with Gasteiger partial charge in [0.25, 0.3) is 0 Å². The molecule has 1 unspecified atom stereocenters. The summed E-state index contributed by atoms with van der Waals surface area (Å²) in [6, 6.07) is 0. The summed E-state index contributed by atoms with van der Waals surface area (Å²) < 4.78 is 0. The third-order valence-corrected chi connectivity index (χ3v) is 2.83. The number of carboxylic acids is 1. The van der Waals surface area contributed by atoms with E-state index >= 15 is 0 Å². The van der Waals surface area contributed by atoms with Gasteiger partial charge in [-0.1, -0.05) is 0 Å². The normalized spacial score (nSPS) is 31.9. The van der Waals surface area contributed by atoms with Gasteiger partial charge in [0.2, 0.25) is 0 Å². The summed E-state index contributed by atoms with van der Waals surface area (Å²) in [6.45, 7) is 4.53. The van der Waals surface area contributed by atoms with Crippen molar-refractivity contribution >= 4 is 5.97 Å². The molecule has 1 heterocycles. The first kappa shape index (κ1) is 10.5. The number of aliphatic hydroxyl groups excluding tert-OH is 1. The minimum absolute atomic E-state index is 0.0532. The van der Waals surface area contributed by atoms with Crippen LogP contribution in [0, 0.1) is 11.8 Å². The van der Waals surface area contributed by atoms with E-state index in [1.165, 1.54) is 0 Å². The topological polar surface area (TPSA) is 69.6 Å². The molecule has 0 radical (unpaired) electrons. The maximum atomic E-state index is 11.0. The monoisotopic (exact) mass is 187 g/mol. The summed E-state index contributed by atoms with van der Waals surface area (Å²) in [5.74, 6) is -1.11. The molecule has 3 N–H and O–H groups in total. The van der Waals surface area contributed by atoms with Crippen molar-refractivity contribution in [1.82, 2.24) is 5.32 Å². The lowest BCUT2D eigenvalue weighted by Gasteiger charge is -2.26. The lowest BCUT2D eigenvalue weighted by atomic mass is 9.81. The van der Waals surface area contributed by atoms with Crippen molar-refractivity contribution in [2.75, 3.05) is 13.2 Å². The molecule has 0 bridgehead atoms. The van der Waals surface area contributed by atoms with Gasteiger partial charge in [0.05, 0.1) is 5.92 Å². The molecule has 0 aliphatic carbocycles. The molecule has 0 aromatic carbocycles. The zero-order valence-corrected chi connectivity index (χ0v) is 8.08. The Morgan fingerprint density at radius 2 is 2.23 bits per heavy atom. The van der Waals surface area contributed by atoms with E-state index in [-0.39, 0.29) is 24.0 Å². The van der Waals surface area contributed by atoms with Gasteiger partial charge in [0.1, 0.15) is 0 Å². The van der Waals surface area contributed by atoms with Crippen LogP contribution in [-0.4, -0.2) is 34.9 Å². The summed E-state index contributed by atoms with van der Waals surface area (Å²) in [5.41, 5.74) is -0.355. The van der Waals surface area contributed by atoms with Crippen molar-refractivity contribution in [3.05, 3.63) is 0 Å². The lowest BCUT2D eigenvalue weighted by molar-refractivity contribution is -0.144. The van der Waals surface area contributed by atoms with E-state index in [1.54, 1.807) is 0 Å². The van der Waals surface area contributed by atoms with Crippen molar-refractivity contribution in [1.29, 1.82) is 0 Å². The van der Waals surface area contributed by atoms with Gasteiger partial charge < -0.3 is 15.5 Å². The van der Waals surface area contributed by atoms with Crippen LogP contribution in [0.4, 0.5) is 0 Å². The second-order valence-electron chi connectivity index (χ2n) is 4.19.